The number of oxime groups is 1. The van der Waals surface area contributed by atoms with E-state index < -0.39 is 0 Å². The molecule has 0 radical (unpaired) electrons. The van der Waals surface area contributed by atoms with Crippen LogP contribution >= 0.6 is 0 Å². The fourth-order valence-electron chi connectivity index (χ4n) is 3.00. The summed E-state index contributed by atoms with van der Waals surface area (Å²) in [4.78, 5) is 17.5. The maximum atomic E-state index is 12.3. The average molecular weight is 288 g/mol. The molecule has 4 rings (SSSR count). The Kier molecular flexibility index (Phi) is 3.03. The molecule has 1 N–H and O–H groups in total. The first kappa shape index (κ1) is 12.6. The van der Waals surface area contributed by atoms with Crippen molar-refractivity contribution in [1.82, 2.24) is 5.32 Å². The summed E-state index contributed by atoms with van der Waals surface area (Å²) >= 11 is 0. The molecule has 1 saturated heterocycles. The Labute approximate surface area is 122 Å². The van der Waals surface area contributed by atoms with Gasteiger partial charge in [-0.15, -0.1) is 0 Å². The SMILES string of the molecule is O=C(NCC1=NOC2OCCC12)c1cccc2c1OCC2. The van der Waals surface area contributed by atoms with Gasteiger partial charge in [-0.3, -0.25) is 4.79 Å². The van der Waals surface area contributed by atoms with Crippen molar-refractivity contribution in [3.05, 3.63) is 29.3 Å². The van der Waals surface area contributed by atoms with Gasteiger partial charge in [0.15, 0.2) is 0 Å². The molecule has 0 saturated carbocycles. The van der Waals surface area contributed by atoms with Gasteiger partial charge in [0, 0.05) is 6.42 Å². The third kappa shape index (κ3) is 2.15. The summed E-state index contributed by atoms with van der Waals surface area (Å²) in [6.45, 7) is 1.70. The van der Waals surface area contributed by atoms with Crippen molar-refractivity contribution in [2.45, 2.75) is 19.1 Å². The molecule has 110 valence electrons. The fourth-order valence-corrected chi connectivity index (χ4v) is 3.00. The molecule has 0 spiro atoms. The summed E-state index contributed by atoms with van der Waals surface area (Å²) in [5, 5.41) is 6.90. The number of amides is 1. The van der Waals surface area contributed by atoms with Crippen LogP contribution in [0.3, 0.4) is 0 Å². The Morgan fingerprint density at radius 1 is 1.38 bits per heavy atom. The topological polar surface area (TPSA) is 69.2 Å². The van der Waals surface area contributed by atoms with Crippen molar-refractivity contribution in [2.24, 2.45) is 11.1 Å². The minimum Gasteiger partial charge on any atom is -0.492 e. The molecule has 3 aliphatic rings. The number of nitrogens with zero attached hydrogens (tertiary/aromatic N) is 1. The lowest BCUT2D eigenvalue weighted by Gasteiger charge is -2.10. The maximum absolute atomic E-state index is 12.3. The highest BCUT2D eigenvalue weighted by atomic mass is 16.8. The van der Waals surface area contributed by atoms with Gasteiger partial charge >= 0.3 is 0 Å². The van der Waals surface area contributed by atoms with Crippen molar-refractivity contribution in [2.75, 3.05) is 19.8 Å². The first-order chi connectivity index (χ1) is 10.3. The molecular formula is C15H16N2O4. The van der Waals surface area contributed by atoms with Crippen molar-refractivity contribution >= 4 is 11.6 Å². The molecule has 0 aromatic heterocycles. The van der Waals surface area contributed by atoms with Crippen LogP contribution in [-0.4, -0.2) is 37.7 Å². The summed E-state index contributed by atoms with van der Waals surface area (Å²) in [6.07, 6.45) is 1.49. The number of ether oxygens (including phenoxy) is 2. The third-order valence-corrected chi connectivity index (χ3v) is 4.13. The third-order valence-electron chi connectivity index (χ3n) is 4.13. The molecule has 1 amide bonds. The van der Waals surface area contributed by atoms with E-state index in [4.69, 9.17) is 14.3 Å². The largest absolute Gasteiger partial charge is 0.492 e. The zero-order valence-corrected chi connectivity index (χ0v) is 11.5. The van der Waals surface area contributed by atoms with E-state index in [0.29, 0.717) is 31.1 Å². The first-order valence-corrected chi connectivity index (χ1v) is 7.20. The molecule has 3 aliphatic heterocycles. The molecular weight excluding hydrogens is 272 g/mol. The number of para-hydroxylation sites is 1. The van der Waals surface area contributed by atoms with E-state index >= 15 is 0 Å². The summed E-state index contributed by atoms with van der Waals surface area (Å²) in [7, 11) is 0. The second-order valence-corrected chi connectivity index (χ2v) is 5.40. The summed E-state index contributed by atoms with van der Waals surface area (Å²) in [5.74, 6) is 0.739. The van der Waals surface area contributed by atoms with Crippen LogP contribution in [0.5, 0.6) is 5.75 Å². The Bertz CT molecular complexity index is 614. The minimum absolute atomic E-state index is 0.140. The number of nitrogens with one attached hydrogen (secondary N) is 1. The van der Waals surface area contributed by atoms with E-state index in [-0.39, 0.29) is 18.1 Å². The van der Waals surface area contributed by atoms with Gasteiger partial charge in [-0.1, -0.05) is 17.3 Å². The highest BCUT2D eigenvalue weighted by molar-refractivity contribution is 6.00. The van der Waals surface area contributed by atoms with Gasteiger partial charge in [-0.25, -0.2) is 0 Å². The maximum Gasteiger partial charge on any atom is 0.255 e. The van der Waals surface area contributed by atoms with Crippen molar-refractivity contribution < 1.29 is 19.1 Å². The van der Waals surface area contributed by atoms with Crippen LogP contribution in [0, 0.1) is 5.92 Å². The lowest BCUT2D eigenvalue weighted by atomic mass is 10.0. The van der Waals surface area contributed by atoms with Gasteiger partial charge in [0.1, 0.15) is 5.75 Å². The molecule has 0 bridgehead atoms. The van der Waals surface area contributed by atoms with Gasteiger partial charge in [0.25, 0.3) is 5.91 Å². The number of fused-ring (bicyclic) bond motifs is 2. The monoisotopic (exact) mass is 288 g/mol. The van der Waals surface area contributed by atoms with E-state index in [1.807, 2.05) is 12.1 Å². The van der Waals surface area contributed by atoms with Gasteiger partial charge in [-0.2, -0.15) is 0 Å². The van der Waals surface area contributed by atoms with Gasteiger partial charge in [0.05, 0.1) is 37.0 Å². The molecule has 6 nitrogen and oxygen atoms in total. The number of hydrogen-bond acceptors (Lipinski definition) is 5. The van der Waals surface area contributed by atoms with Crippen LogP contribution in [0.15, 0.2) is 23.4 Å². The molecule has 1 aromatic carbocycles. The highest BCUT2D eigenvalue weighted by Gasteiger charge is 2.39. The lowest BCUT2D eigenvalue weighted by Crippen LogP contribution is -2.33. The smallest absolute Gasteiger partial charge is 0.255 e. The Hall–Kier alpha value is -2.08. The molecule has 6 heteroatoms. The quantitative estimate of drug-likeness (QED) is 0.904. The molecule has 2 unspecified atom stereocenters. The van der Waals surface area contributed by atoms with E-state index in [1.165, 1.54) is 0 Å². The van der Waals surface area contributed by atoms with E-state index in [0.717, 1.165) is 24.1 Å². The minimum atomic E-state index is -0.263. The Morgan fingerprint density at radius 2 is 2.33 bits per heavy atom. The fraction of sp³-hybridized carbons (Fsp3) is 0.467. The molecule has 2 atom stereocenters. The van der Waals surface area contributed by atoms with Gasteiger partial charge < -0.3 is 19.6 Å². The number of hydrogen-bond donors (Lipinski definition) is 1. The highest BCUT2D eigenvalue weighted by Crippen LogP contribution is 2.30. The zero-order valence-electron chi connectivity index (χ0n) is 11.5. The van der Waals surface area contributed by atoms with Crippen LogP contribution in [0.4, 0.5) is 0 Å². The second-order valence-electron chi connectivity index (χ2n) is 5.40. The zero-order chi connectivity index (χ0) is 14.2. The summed E-state index contributed by atoms with van der Waals surface area (Å²) in [6, 6.07) is 5.67. The van der Waals surface area contributed by atoms with Crippen molar-refractivity contribution in [1.29, 1.82) is 0 Å². The van der Waals surface area contributed by atoms with Crippen LogP contribution < -0.4 is 10.1 Å². The average Bonchev–Trinajstić information content (AvgIpc) is 3.20. The van der Waals surface area contributed by atoms with Gasteiger partial charge in [0.2, 0.25) is 6.29 Å². The Balaban J connectivity index is 1.44. The van der Waals surface area contributed by atoms with Crippen LogP contribution in [0.1, 0.15) is 22.3 Å². The normalized spacial score (nSPS) is 25.6. The predicted octanol–water partition coefficient (Wildman–Crippen LogP) is 1.10. The number of carbonyl (C=O) groups is 1. The molecule has 1 aromatic rings. The van der Waals surface area contributed by atoms with Crippen LogP contribution in [-0.2, 0) is 16.0 Å². The summed E-state index contributed by atoms with van der Waals surface area (Å²) in [5.41, 5.74) is 2.52. The second kappa shape index (κ2) is 5.04. The van der Waals surface area contributed by atoms with Gasteiger partial charge in [-0.05, 0) is 18.1 Å². The predicted molar refractivity (Wildman–Crippen MR) is 74.3 cm³/mol. The Morgan fingerprint density at radius 3 is 3.29 bits per heavy atom. The van der Waals surface area contributed by atoms with E-state index in [9.17, 15) is 4.79 Å². The first-order valence-electron chi connectivity index (χ1n) is 7.20. The van der Waals surface area contributed by atoms with Crippen molar-refractivity contribution in [3.8, 4) is 5.75 Å². The molecule has 1 fully saturated rings. The molecule has 21 heavy (non-hydrogen) atoms. The van der Waals surface area contributed by atoms with Crippen LogP contribution in [0.2, 0.25) is 0 Å². The van der Waals surface area contributed by atoms with E-state index in [2.05, 4.69) is 10.5 Å². The summed E-state index contributed by atoms with van der Waals surface area (Å²) < 4.78 is 10.9. The van der Waals surface area contributed by atoms with Crippen LogP contribution in [0.25, 0.3) is 0 Å². The number of rotatable bonds is 3. The van der Waals surface area contributed by atoms with Crippen molar-refractivity contribution in [3.63, 3.8) is 0 Å². The standard InChI is InChI=1S/C15H16N2O4/c18-14(11-3-1-2-9-4-6-19-13(9)11)16-8-12-10-5-7-20-15(10)21-17-12/h1-3,10,15H,4-8H2,(H,16,18). The number of carbonyl (C=O) groups excluding carboxylic acids is 1. The van der Waals surface area contributed by atoms with E-state index in [1.54, 1.807) is 6.07 Å². The number of benzene rings is 1. The molecule has 0 aliphatic carbocycles. The molecule has 3 heterocycles. The lowest BCUT2D eigenvalue weighted by molar-refractivity contribution is -0.106.